The molecule has 8 aromatic rings. The van der Waals surface area contributed by atoms with E-state index >= 15 is 0 Å². The van der Waals surface area contributed by atoms with Crippen molar-refractivity contribution >= 4 is 17.1 Å². The van der Waals surface area contributed by atoms with Gasteiger partial charge in [-0.25, -0.2) is 4.98 Å². The first kappa shape index (κ1) is 39.8. The molecule has 2 atom stereocenters. The zero-order chi connectivity index (χ0) is 41.5. The molecular formula is C50H47N5O5. The van der Waals surface area contributed by atoms with E-state index in [1.807, 2.05) is 157 Å². The lowest BCUT2D eigenvalue weighted by molar-refractivity contribution is -0.0962. The topological polar surface area (TPSA) is 124 Å². The Balaban J connectivity index is 1.33. The number of methoxy groups -OCH3 is 2. The fourth-order valence-electron chi connectivity index (χ4n) is 8.02. The van der Waals surface area contributed by atoms with Crippen molar-refractivity contribution in [3.8, 4) is 11.5 Å². The van der Waals surface area contributed by atoms with Crippen molar-refractivity contribution in [3.05, 3.63) is 220 Å². The van der Waals surface area contributed by atoms with Crippen LogP contribution in [0.15, 0.2) is 181 Å². The van der Waals surface area contributed by atoms with E-state index in [1.165, 1.54) is 0 Å². The van der Waals surface area contributed by atoms with Crippen molar-refractivity contribution in [3.63, 3.8) is 0 Å². The molecule has 0 spiro atoms. The van der Waals surface area contributed by atoms with E-state index in [4.69, 9.17) is 19.2 Å². The van der Waals surface area contributed by atoms with E-state index in [0.717, 1.165) is 33.4 Å². The number of nitrogens with one attached hydrogen (secondary N) is 2. The number of anilines is 1. The highest BCUT2D eigenvalue weighted by molar-refractivity contribution is 5.72. The third-order valence-corrected chi connectivity index (χ3v) is 11.1. The number of fused-ring (bicyclic) bond motifs is 1. The molecule has 302 valence electrons. The molecule has 8 rings (SSSR count). The van der Waals surface area contributed by atoms with E-state index < -0.39 is 22.9 Å². The van der Waals surface area contributed by atoms with Gasteiger partial charge in [0, 0.05) is 6.61 Å². The van der Waals surface area contributed by atoms with Crippen molar-refractivity contribution in [2.24, 2.45) is 5.92 Å². The number of aliphatic hydroxyl groups is 1. The minimum atomic E-state index is -1.17. The zero-order valence-corrected chi connectivity index (χ0v) is 33.7. The van der Waals surface area contributed by atoms with Gasteiger partial charge in [-0.1, -0.05) is 153 Å². The van der Waals surface area contributed by atoms with Crippen molar-refractivity contribution < 1.29 is 19.3 Å². The van der Waals surface area contributed by atoms with Crippen LogP contribution in [0.1, 0.15) is 53.0 Å². The summed E-state index contributed by atoms with van der Waals surface area (Å²) in [4.78, 5) is 27.0. The molecule has 2 heterocycles. The van der Waals surface area contributed by atoms with Gasteiger partial charge in [0.05, 0.1) is 20.5 Å². The molecule has 0 radical (unpaired) electrons. The van der Waals surface area contributed by atoms with Crippen LogP contribution in [0.4, 0.5) is 5.95 Å². The van der Waals surface area contributed by atoms with E-state index in [9.17, 15) is 9.90 Å². The second-order valence-corrected chi connectivity index (χ2v) is 14.8. The van der Waals surface area contributed by atoms with Gasteiger partial charge in [0.25, 0.3) is 5.56 Å². The number of benzene rings is 6. The summed E-state index contributed by atoms with van der Waals surface area (Å²) >= 11 is 0. The summed E-state index contributed by atoms with van der Waals surface area (Å²) in [5, 5.41) is 14.2. The molecule has 2 unspecified atom stereocenters. The molecule has 6 aromatic carbocycles. The third kappa shape index (κ3) is 7.54. The van der Waals surface area contributed by atoms with Crippen LogP contribution >= 0.6 is 0 Å². The molecule has 0 aliphatic heterocycles. The Kier molecular flexibility index (Phi) is 11.6. The second-order valence-electron chi connectivity index (χ2n) is 14.8. The SMILES string of the molecule is COc1ccc(C(Nc2nc3c(ncn3C(CC(C)CO)OC(c3ccccc3)(c3ccccc3)c3ccc(OC)cc3)c(=O)[nH]2)(c2ccccc2)c2ccccc2)cc1. The number of rotatable bonds is 16. The summed E-state index contributed by atoms with van der Waals surface area (Å²) in [6.07, 6.45) is 1.18. The van der Waals surface area contributed by atoms with Crippen LogP contribution < -0.4 is 20.3 Å². The maximum Gasteiger partial charge on any atom is 0.280 e. The van der Waals surface area contributed by atoms with Crippen molar-refractivity contribution in [2.45, 2.75) is 30.7 Å². The molecule has 3 N–H and O–H groups in total. The summed E-state index contributed by atoms with van der Waals surface area (Å²) in [6.45, 7) is 1.88. The fraction of sp³-hybridized carbons (Fsp3) is 0.180. The fourth-order valence-corrected chi connectivity index (χ4v) is 8.02. The molecule has 0 aliphatic carbocycles. The van der Waals surface area contributed by atoms with E-state index in [0.29, 0.717) is 23.6 Å². The summed E-state index contributed by atoms with van der Waals surface area (Å²) in [6, 6.07) is 56.0. The molecule has 0 saturated carbocycles. The third-order valence-electron chi connectivity index (χ3n) is 11.1. The van der Waals surface area contributed by atoms with Gasteiger partial charge in [-0.15, -0.1) is 0 Å². The van der Waals surface area contributed by atoms with Crippen molar-refractivity contribution in [1.29, 1.82) is 0 Å². The highest BCUT2D eigenvalue weighted by Gasteiger charge is 2.42. The molecule has 2 aromatic heterocycles. The van der Waals surface area contributed by atoms with Gasteiger partial charge in [0.1, 0.15) is 28.9 Å². The number of aliphatic hydroxyl groups excluding tert-OH is 1. The highest BCUT2D eigenvalue weighted by atomic mass is 16.5. The van der Waals surface area contributed by atoms with Crippen LogP contribution in [0.3, 0.4) is 0 Å². The smallest absolute Gasteiger partial charge is 0.280 e. The van der Waals surface area contributed by atoms with Crippen molar-refractivity contribution in [1.82, 2.24) is 19.5 Å². The van der Waals surface area contributed by atoms with Crippen LogP contribution in [0.25, 0.3) is 11.2 Å². The Morgan fingerprint density at radius 1 is 0.650 bits per heavy atom. The Morgan fingerprint density at radius 3 is 1.55 bits per heavy atom. The predicted octanol–water partition coefficient (Wildman–Crippen LogP) is 9.07. The van der Waals surface area contributed by atoms with Crippen LogP contribution in [0.5, 0.6) is 11.5 Å². The highest BCUT2D eigenvalue weighted by Crippen LogP contribution is 2.45. The summed E-state index contributed by atoms with van der Waals surface area (Å²) < 4.78 is 20.5. The van der Waals surface area contributed by atoms with Gasteiger partial charge >= 0.3 is 0 Å². The largest absolute Gasteiger partial charge is 0.497 e. The van der Waals surface area contributed by atoms with E-state index in [-0.39, 0.29) is 24.0 Å². The number of aromatic amines is 1. The molecule has 0 saturated heterocycles. The number of hydrogen-bond acceptors (Lipinski definition) is 8. The molecule has 0 amide bonds. The zero-order valence-electron chi connectivity index (χ0n) is 33.7. The average Bonchev–Trinajstić information content (AvgIpc) is 3.75. The predicted molar refractivity (Wildman–Crippen MR) is 234 cm³/mol. The van der Waals surface area contributed by atoms with Gasteiger partial charge in [-0.3, -0.25) is 14.3 Å². The van der Waals surface area contributed by atoms with Gasteiger partial charge in [0.2, 0.25) is 5.95 Å². The Hall–Kier alpha value is -7.01. The summed E-state index contributed by atoms with van der Waals surface area (Å²) in [7, 11) is 3.28. The number of imidazole rings is 1. The van der Waals surface area contributed by atoms with Gasteiger partial charge < -0.3 is 24.6 Å². The minimum absolute atomic E-state index is 0.0853. The summed E-state index contributed by atoms with van der Waals surface area (Å²) in [5.74, 6) is 1.44. The molecule has 0 fully saturated rings. The molecular weight excluding hydrogens is 751 g/mol. The van der Waals surface area contributed by atoms with Crippen LogP contribution in [0, 0.1) is 5.92 Å². The molecule has 60 heavy (non-hydrogen) atoms. The number of ether oxygens (including phenoxy) is 3. The number of H-pyrrole nitrogens is 1. The minimum Gasteiger partial charge on any atom is -0.497 e. The maximum atomic E-state index is 14.2. The first-order valence-corrected chi connectivity index (χ1v) is 19.9. The first-order chi connectivity index (χ1) is 29.4. The lowest BCUT2D eigenvalue weighted by atomic mass is 9.77. The van der Waals surface area contributed by atoms with Crippen LogP contribution in [-0.2, 0) is 15.9 Å². The molecule has 10 heteroatoms. The van der Waals surface area contributed by atoms with Crippen molar-refractivity contribution in [2.75, 3.05) is 26.1 Å². The average molecular weight is 798 g/mol. The Bertz CT molecular complexity index is 2590. The molecule has 0 bridgehead atoms. The molecule has 0 aliphatic rings. The number of hydrogen-bond donors (Lipinski definition) is 3. The normalized spacial score (nSPS) is 12.8. The van der Waals surface area contributed by atoms with Crippen LogP contribution in [-0.4, -0.2) is 45.5 Å². The lowest BCUT2D eigenvalue weighted by Gasteiger charge is -2.40. The maximum absolute atomic E-state index is 14.2. The number of nitrogens with zero attached hydrogens (tertiary/aromatic N) is 3. The quantitative estimate of drug-likeness (QED) is 0.0828. The second kappa shape index (κ2) is 17.5. The van der Waals surface area contributed by atoms with E-state index in [1.54, 1.807) is 20.5 Å². The van der Waals surface area contributed by atoms with Gasteiger partial charge in [-0.2, -0.15) is 4.98 Å². The van der Waals surface area contributed by atoms with Crippen LogP contribution in [0.2, 0.25) is 0 Å². The first-order valence-electron chi connectivity index (χ1n) is 19.9. The standard InChI is InChI=1S/C50H47N5O5/c1-35(33-56)32-44(60-50(39-20-12-6-13-21-39,40-22-14-7-15-23-40)41-26-30-43(59-3)31-27-41)55-34-51-45-46(55)52-48(53-47(45)57)54-49(36-16-8-4-9-17-36,37-18-10-5-11-19-37)38-24-28-42(58-2)29-25-38/h4-31,34-35,44,56H,32-33H2,1-3H3,(H2,52,53,54,57). The number of aromatic nitrogens is 4. The lowest BCUT2D eigenvalue weighted by Crippen LogP contribution is -2.39. The summed E-state index contributed by atoms with van der Waals surface area (Å²) in [5.41, 5.74) is 3.21. The molecule has 10 nitrogen and oxygen atoms in total. The van der Waals surface area contributed by atoms with Gasteiger partial charge in [-0.05, 0) is 70.0 Å². The van der Waals surface area contributed by atoms with Gasteiger partial charge in [0.15, 0.2) is 11.2 Å². The Morgan fingerprint density at radius 2 is 1.08 bits per heavy atom. The Labute approximate surface area is 349 Å². The monoisotopic (exact) mass is 797 g/mol. The van der Waals surface area contributed by atoms with E-state index in [2.05, 4.69) is 39.6 Å².